The minimum atomic E-state index is 0.306. The quantitative estimate of drug-likeness (QED) is 0.787. The normalized spacial score (nSPS) is 25.5. The highest BCUT2D eigenvalue weighted by Gasteiger charge is 2.29. The van der Waals surface area contributed by atoms with Gasteiger partial charge in [0.05, 0.1) is 0 Å². The molecule has 0 amide bonds. The molecule has 2 aliphatic heterocycles. The summed E-state index contributed by atoms with van der Waals surface area (Å²) in [4.78, 5) is 7.78. The third-order valence-corrected chi connectivity index (χ3v) is 5.52. The van der Waals surface area contributed by atoms with Crippen molar-refractivity contribution in [2.45, 2.75) is 58.0 Å². The van der Waals surface area contributed by atoms with Gasteiger partial charge in [0.1, 0.15) is 0 Å². The average molecular weight is 281 g/mol. The van der Waals surface area contributed by atoms with Crippen molar-refractivity contribution in [2.24, 2.45) is 5.92 Å². The molecule has 20 heavy (non-hydrogen) atoms. The first kappa shape index (κ1) is 16.3. The van der Waals surface area contributed by atoms with E-state index in [1.807, 2.05) is 0 Å². The van der Waals surface area contributed by atoms with Crippen LogP contribution in [0, 0.1) is 5.92 Å². The van der Waals surface area contributed by atoms with Gasteiger partial charge in [-0.3, -0.25) is 4.90 Å². The number of hydrogen-bond donors (Lipinski definition) is 0. The van der Waals surface area contributed by atoms with Crippen LogP contribution >= 0.6 is 0 Å². The van der Waals surface area contributed by atoms with E-state index in [1.165, 1.54) is 58.4 Å². The van der Waals surface area contributed by atoms with Gasteiger partial charge in [-0.1, -0.05) is 0 Å². The Morgan fingerprint density at radius 2 is 1.50 bits per heavy atom. The predicted molar refractivity (Wildman–Crippen MR) is 87.2 cm³/mol. The van der Waals surface area contributed by atoms with Crippen LogP contribution in [-0.2, 0) is 0 Å². The third kappa shape index (κ3) is 4.44. The van der Waals surface area contributed by atoms with E-state index >= 15 is 0 Å². The van der Waals surface area contributed by atoms with Crippen LogP contribution in [0.5, 0.6) is 0 Å². The van der Waals surface area contributed by atoms with E-state index < -0.39 is 0 Å². The lowest BCUT2D eigenvalue weighted by Crippen LogP contribution is -2.51. The van der Waals surface area contributed by atoms with Crippen molar-refractivity contribution < 1.29 is 0 Å². The lowest BCUT2D eigenvalue weighted by molar-refractivity contribution is 0.0548. The second-order valence-electron chi connectivity index (χ2n) is 8.06. The number of rotatable bonds is 3. The van der Waals surface area contributed by atoms with Crippen molar-refractivity contribution in [3.05, 3.63) is 0 Å². The van der Waals surface area contributed by atoms with E-state index in [-0.39, 0.29) is 0 Å². The highest BCUT2D eigenvalue weighted by molar-refractivity contribution is 4.85. The minimum Gasteiger partial charge on any atom is -0.306 e. The van der Waals surface area contributed by atoms with Crippen molar-refractivity contribution in [1.29, 1.82) is 0 Å². The van der Waals surface area contributed by atoms with Crippen LogP contribution in [0.1, 0.15) is 46.5 Å². The molecule has 2 saturated heterocycles. The summed E-state index contributed by atoms with van der Waals surface area (Å²) in [6, 6.07) is 0.781. The number of piperidine rings is 2. The summed E-state index contributed by atoms with van der Waals surface area (Å²) in [5.74, 6) is 0.947. The van der Waals surface area contributed by atoms with E-state index in [4.69, 9.17) is 0 Å². The van der Waals surface area contributed by atoms with Crippen molar-refractivity contribution in [3.63, 3.8) is 0 Å². The van der Waals surface area contributed by atoms with Gasteiger partial charge in [0.2, 0.25) is 0 Å². The van der Waals surface area contributed by atoms with Crippen molar-refractivity contribution in [2.75, 3.05) is 46.8 Å². The molecule has 118 valence electrons. The first-order chi connectivity index (χ1) is 9.36. The smallest absolute Gasteiger partial charge is 0.0124 e. The molecule has 3 nitrogen and oxygen atoms in total. The third-order valence-electron chi connectivity index (χ3n) is 5.52. The highest BCUT2D eigenvalue weighted by Crippen LogP contribution is 2.24. The van der Waals surface area contributed by atoms with Gasteiger partial charge in [-0.25, -0.2) is 0 Å². The molecule has 2 heterocycles. The van der Waals surface area contributed by atoms with Gasteiger partial charge < -0.3 is 9.80 Å². The zero-order valence-electron chi connectivity index (χ0n) is 14.4. The summed E-state index contributed by atoms with van der Waals surface area (Å²) in [6.45, 7) is 13.5. The molecule has 0 unspecified atom stereocenters. The zero-order valence-corrected chi connectivity index (χ0v) is 14.4. The summed E-state index contributed by atoms with van der Waals surface area (Å²) >= 11 is 0. The fraction of sp³-hybridized carbons (Fsp3) is 1.00. The first-order valence-corrected chi connectivity index (χ1v) is 8.50. The number of likely N-dealkylation sites (tertiary alicyclic amines) is 2. The standard InChI is InChI=1S/C17H35N3/c1-17(2,3)19(5)16-8-12-20(13-9-16)14-15-6-10-18(4)11-7-15/h15-16H,6-14H2,1-5H3. The summed E-state index contributed by atoms with van der Waals surface area (Å²) in [5, 5.41) is 0. The van der Waals surface area contributed by atoms with Crippen molar-refractivity contribution >= 4 is 0 Å². The molecule has 2 fully saturated rings. The first-order valence-electron chi connectivity index (χ1n) is 8.50. The number of hydrogen-bond acceptors (Lipinski definition) is 3. The fourth-order valence-electron chi connectivity index (χ4n) is 3.65. The molecule has 0 aliphatic carbocycles. The Bertz CT molecular complexity index is 281. The number of nitrogens with zero attached hydrogens (tertiary/aromatic N) is 3. The Morgan fingerprint density at radius 1 is 0.950 bits per heavy atom. The molecule has 0 N–H and O–H groups in total. The van der Waals surface area contributed by atoms with Crippen LogP contribution in [-0.4, -0.2) is 73.1 Å². The highest BCUT2D eigenvalue weighted by atomic mass is 15.2. The topological polar surface area (TPSA) is 9.72 Å². The van der Waals surface area contributed by atoms with E-state index in [1.54, 1.807) is 0 Å². The lowest BCUT2D eigenvalue weighted by Gasteiger charge is -2.44. The molecule has 0 bridgehead atoms. The monoisotopic (exact) mass is 281 g/mol. The molecule has 2 rings (SSSR count). The lowest BCUT2D eigenvalue weighted by atomic mass is 9.93. The summed E-state index contributed by atoms with van der Waals surface area (Å²) < 4.78 is 0. The van der Waals surface area contributed by atoms with Crippen LogP contribution < -0.4 is 0 Å². The van der Waals surface area contributed by atoms with Gasteiger partial charge in [-0.15, -0.1) is 0 Å². The maximum atomic E-state index is 2.73. The maximum absolute atomic E-state index is 2.73. The van der Waals surface area contributed by atoms with Gasteiger partial charge in [-0.05, 0) is 92.6 Å². The Kier molecular flexibility index (Phi) is 5.49. The van der Waals surface area contributed by atoms with Gasteiger partial charge >= 0.3 is 0 Å². The molecule has 0 atom stereocenters. The van der Waals surface area contributed by atoms with Gasteiger partial charge in [0, 0.05) is 18.1 Å². The van der Waals surface area contributed by atoms with E-state index in [0.29, 0.717) is 5.54 Å². The molecular formula is C17H35N3. The van der Waals surface area contributed by atoms with Crippen LogP contribution in [0.3, 0.4) is 0 Å². The van der Waals surface area contributed by atoms with Crippen molar-refractivity contribution in [3.8, 4) is 0 Å². The SMILES string of the molecule is CN1CCC(CN2CCC(N(C)C(C)(C)C)CC2)CC1. The zero-order chi connectivity index (χ0) is 14.8. The molecule has 0 spiro atoms. The summed E-state index contributed by atoms with van der Waals surface area (Å²) in [6.07, 6.45) is 5.50. The molecule has 0 saturated carbocycles. The van der Waals surface area contributed by atoms with Gasteiger partial charge in [0.25, 0.3) is 0 Å². The second kappa shape index (κ2) is 6.76. The molecule has 0 aromatic carbocycles. The fourth-order valence-corrected chi connectivity index (χ4v) is 3.65. The van der Waals surface area contributed by atoms with E-state index in [9.17, 15) is 0 Å². The van der Waals surface area contributed by atoms with Crippen LogP contribution in [0.2, 0.25) is 0 Å². The summed E-state index contributed by atoms with van der Waals surface area (Å²) in [7, 11) is 4.56. The molecule has 0 radical (unpaired) electrons. The van der Waals surface area contributed by atoms with E-state index in [2.05, 4.69) is 49.6 Å². The molecule has 0 aromatic rings. The Morgan fingerprint density at radius 3 is 2.00 bits per heavy atom. The van der Waals surface area contributed by atoms with Crippen LogP contribution in [0.15, 0.2) is 0 Å². The largest absolute Gasteiger partial charge is 0.306 e. The van der Waals surface area contributed by atoms with Gasteiger partial charge in [0.15, 0.2) is 0 Å². The van der Waals surface area contributed by atoms with Crippen molar-refractivity contribution in [1.82, 2.24) is 14.7 Å². The Labute approximate surface area is 126 Å². The predicted octanol–water partition coefficient (Wildman–Crippen LogP) is 2.52. The molecule has 0 aromatic heterocycles. The summed E-state index contributed by atoms with van der Waals surface area (Å²) in [5.41, 5.74) is 0.306. The molecule has 3 heteroatoms. The van der Waals surface area contributed by atoms with E-state index in [0.717, 1.165) is 12.0 Å². The Hall–Kier alpha value is -0.120. The Balaban J connectivity index is 1.72. The minimum absolute atomic E-state index is 0.306. The average Bonchev–Trinajstić information content (AvgIpc) is 2.40. The van der Waals surface area contributed by atoms with Gasteiger partial charge in [-0.2, -0.15) is 0 Å². The molecule has 2 aliphatic rings. The molecular weight excluding hydrogens is 246 g/mol. The van der Waals surface area contributed by atoms with Crippen LogP contribution in [0.25, 0.3) is 0 Å². The maximum Gasteiger partial charge on any atom is 0.0124 e. The second-order valence-corrected chi connectivity index (χ2v) is 8.06. The van der Waals surface area contributed by atoms with Crippen LogP contribution in [0.4, 0.5) is 0 Å².